The normalized spacial score (nSPS) is 10.4. The van der Waals surface area contributed by atoms with Gasteiger partial charge in [0.15, 0.2) is 0 Å². The first-order valence-electron chi connectivity index (χ1n) is 5.57. The van der Waals surface area contributed by atoms with Crippen LogP contribution in [0.25, 0.3) is 0 Å². The molecule has 0 fully saturated rings. The van der Waals surface area contributed by atoms with Crippen LogP contribution in [0.5, 0.6) is 0 Å². The molecule has 0 radical (unpaired) electrons. The van der Waals surface area contributed by atoms with E-state index in [1.54, 1.807) is 0 Å². The highest BCUT2D eigenvalue weighted by atomic mass is 79.9. The summed E-state index contributed by atoms with van der Waals surface area (Å²) in [6.07, 6.45) is 2.33. The number of rotatable bonds is 5. The summed E-state index contributed by atoms with van der Waals surface area (Å²) in [5.74, 6) is 1.10. The van der Waals surface area contributed by atoms with E-state index in [0.717, 1.165) is 41.9 Å². The van der Waals surface area contributed by atoms with E-state index in [0.29, 0.717) is 0 Å². The summed E-state index contributed by atoms with van der Waals surface area (Å²) < 4.78 is 1.08. The number of anilines is 1. The van der Waals surface area contributed by atoms with E-state index in [9.17, 15) is 0 Å². The Kier molecular flexibility index (Phi) is 5.09. The molecule has 3 heteroatoms. The van der Waals surface area contributed by atoms with Crippen molar-refractivity contribution in [3.8, 4) is 0 Å². The zero-order valence-corrected chi connectivity index (χ0v) is 11.3. The molecule has 1 aromatic rings. The van der Waals surface area contributed by atoms with Crippen molar-refractivity contribution in [3.63, 3.8) is 0 Å². The molecular weight excluding hydrogens is 252 g/mol. The van der Waals surface area contributed by atoms with Gasteiger partial charge in [0.2, 0.25) is 0 Å². The molecular formula is C12H19BrN2. The molecule has 15 heavy (non-hydrogen) atoms. The first kappa shape index (κ1) is 12.5. The second-order valence-electron chi connectivity index (χ2n) is 3.72. The zero-order valence-electron chi connectivity index (χ0n) is 9.76. The summed E-state index contributed by atoms with van der Waals surface area (Å²) in [5, 5.41) is 0. The second kappa shape index (κ2) is 6.11. The van der Waals surface area contributed by atoms with Gasteiger partial charge in [0.05, 0.1) is 5.69 Å². The maximum atomic E-state index is 4.59. The molecule has 84 valence electrons. The Hall–Kier alpha value is -0.570. The molecule has 0 atom stereocenters. The third-order valence-corrected chi connectivity index (χ3v) is 3.16. The number of hydrogen-bond acceptors (Lipinski definition) is 2. The minimum Gasteiger partial charge on any atom is -0.357 e. The van der Waals surface area contributed by atoms with Gasteiger partial charge >= 0.3 is 0 Å². The number of aryl methyl sites for hydroxylation is 1. The first-order chi connectivity index (χ1) is 7.19. The third-order valence-electron chi connectivity index (χ3n) is 2.32. The van der Waals surface area contributed by atoms with E-state index in [4.69, 9.17) is 0 Å². The Balaban J connectivity index is 2.85. The molecule has 0 amide bonds. The van der Waals surface area contributed by atoms with Gasteiger partial charge in [-0.05, 0) is 47.8 Å². The Labute approximate surface area is 101 Å². The lowest BCUT2D eigenvalue weighted by Crippen LogP contribution is -2.25. The van der Waals surface area contributed by atoms with Crippen LogP contribution in [0.2, 0.25) is 0 Å². The van der Waals surface area contributed by atoms with Crippen molar-refractivity contribution >= 4 is 21.7 Å². The molecule has 0 spiro atoms. The monoisotopic (exact) mass is 270 g/mol. The molecule has 0 bridgehead atoms. The van der Waals surface area contributed by atoms with Crippen LogP contribution in [0.1, 0.15) is 32.4 Å². The van der Waals surface area contributed by atoms with E-state index in [1.807, 2.05) is 6.92 Å². The van der Waals surface area contributed by atoms with Crippen molar-refractivity contribution in [1.29, 1.82) is 0 Å². The summed E-state index contributed by atoms with van der Waals surface area (Å²) in [7, 11) is 0. The number of halogens is 1. The fourth-order valence-corrected chi connectivity index (χ4v) is 1.81. The Morgan fingerprint density at radius 3 is 2.27 bits per heavy atom. The number of aromatic nitrogens is 1. The molecule has 0 aliphatic heterocycles. The predicted molar refractivity (Wildman–Crippen MR) is 69.5 cm³/mol. The molecule has 0 N–H and O–H groups in total. The topological polar surface area (TPSA) is 16.1 Å². The molecule has 1 rings (SSSR count). The minimum absolute atomic E-state index is 1.06. The molecule has 1 heterocycles. The highest BCUT2D eigenvalue weighted by molar-refractivity contribution is 9.10. The van der Waals surface area contributed by atoms with Crippen molar-refractivity contribution in [2.24, 2.45) is 0 Å². The highest BCUT2D eigenvalue weighted by Crippen LogP contribution is 2.19. The molecule has 0 aliphatic carbocycles. The molecule has 0 aromatic carbocycles. The predicted octanol–water partition coefficient (Wildman–Crippen LogP) is 3.78. The van der Waals surface area contributed by atoms with Gasteiger partial charge in [-0.15, -0.1) is 0 Å². The minimum atomic E-state index is 1.06. The molecule has 0 saturated carbocycles. The zero-order chi connectivity index (χ0) is 11.3. The summed E-state index contributed by atoms with van der Waals surface area (Å²) in [6.45, 7) is 8.61. The maximum absolute atomic E-state index is 4.59. The van der Waals surface area contributed by atoms with Gasteiger partial charge in [-0.3, -0.25) is 0 Å². The van der Waals surface area contributed by atoms with Crippen molar-refractivity contribution in [2.75, 3.05) is 18.0 Å². The van der Waals surface area contributed by atoms with E-state index in [1.165, 1.54) is 0 Å². The second-order valence-corrected chi connectivity index (χ2v) is 4.58. The van der Waals surface area contributed by atoms with Crippen LogP contribution in [0.15, 0.2) is 16.6 Å². The summed E-state index contributed by atoms with van der Waals surface area (Å²) in [5.41, 5.74) is 1.06. The molecule has 0 saturated heterocycles. The van der Waals surface area contributed by atoms with E-state index < -0.39 is 0 Å². The van der Waals surface area contributed by atoms with E-state index >= 15 is 0 Å². The van der Waals surface area contributed by atoms with Gasteiger partial charge in [0.25, 0.3) is 0 Å². The van der Waals surface area contributed by atoms with Crippen molar-refractivity contribution in [3.05, 3.63) is 22.3 Å². The summed E-state index contributed by atoms with van der Waals surface area (Å²) >= 11 is 3.48. The number of pyridine rings is 1. The molecule has 1 aromatic heterocycles. The van der Waals surface area contributed by atoms with E-state index in [2.05, 4.69) is 51.8 Å². The maximum Gasteiger partial charge on any atom is 0.128 e. The lowest BCUT2D eigenvalue weighted by Gasteiger charge is -2.22. The van der Waals surface area contributed by atoms with Crippen molar-refractivity contribution < 1.29 is 0 Å². The Morgan fingerprint density at radius 2 is 1.80 bits per heavy atom. The van der Waals surface area contributed by atoms with Crippen LogP contribution < -0.4 is 4.90 Å². The van der Waals surface area contributed by atoms with Gasteiger partial charge in [-0.1, -0.05) is 13.8 Å². The Morgan fingerprint density at radius 1 is 1.20 bits per heavy atom. The molecule has 0 aliphatic rings. The Bertz CT molecular complexity index is 306. The molecule has 0 unspecified atom stereocenters. The standard InChI is InChI=1S/C12H19BrN2/c1-4-8-15(9-5-2)12-7-6-11(13)10(3)14-12/h6-7H,4-5,8-9H2,1-3H3. The van der Waals surface area contributed by atoms with Crippen LogP contribution in [0.4, 0.5) is 5.82 Å². The quantitative estimate of drug-likeness (QED) is 0.810. The van der Waals surface area contributed by atoms with Crippen LogP contribution in [0.3, 0.4) is 0 Å². The third kappa shape index (κ3) is 3.49. The van der Waals surface area contributed by atoms with Gasteiger partial charge in [-0.2, -0.15) is 0 Å². The molecule has 2 nitrogen and oxygen atoms in total. The van der Waals surface area contributed by atoms with Gasteiger partial charge < -0.3 is 4.90 Å². The largest absolute Gasteiger partial charge is 0.357 e. The smallest absolute Gasteiger partial charge is 0.128 e. The van der Waals surface area contributed by atoms with Crippen LogP contribution in [-0.4, -0.2) is 18.1 Å². The van der Waals surface area contributed by atoms with Crippen molar-refractivity contribution in [1.82, 2.24) is 4.98 Å². The fourth-order valence-electron chi connectivity index (χ4n) is 1.59. The van der Waals surface area contributed by atoms with Gasteiger partial charge in [0, 0.05) is 17.6 Å². The number of hydrogen-bond donors (Lipinski definition) is 0. The van der Waals surface area contributed by atoms with Gasteiger partial charge in [-0.25, -0.2) is 4.98 Å². The lowest BCUT2D eigenvalue weighted by atomic mass is 10.3. The van der Waals surface area contributed by atoms with Crippen LogP contribution >= 0.6 is 15.9 Å². The SMILES string of the molecule is CCCN(CCC)c1ccc(Br)c(C)n1. The summed E-state index contributed by atoms with van der Waals surface area (Å²) in [4.78, 5) is 6.94. The average Bonchev–Trinajstić information content (AvgIpc) is 2.22. The van der Waals surface area contributed by atoms with Gasteiger partial charge in [0.1, 0.15) is 5.82 Å². The van der Waals surface area contributed by atoms with Crippen LogP contribution in [-0.2, 0) is 0 Å². The van der Waals surface area contributed by atoms with Crippen molar-refractivity contribution in [2.45, 2.75) is 33.6 Å². The first-order valence-corrected chi connectivity index (χ1v) is 6.36. The number of nitrogens with zero attached hydrogens (tertiary/aromatic N) is 2. The van der Waals surface area contributed by atoms with E-state index in [-0.39, 0.29) is 0 Å². The van der Waals surface area contributed by atoms with Crippen LogP contribution in [0, 0.1) is 6.92 Å². The highest BCUT2D eigenvalue weighted by Gasteiger charge is 2.06. The summed E-state index contributed by atoms with van der Waals surface area (Å²) in [6, 6.07) is 4.17. The average molecular weight is 271 g/mol. The lowest BCUT2D eigenvalue weighted by molar-refractivity contribution is 0.732. The fraction of sp³-hybridized carbons (Fsp3) is 0.583.